The van der Waals surface area contributed by atoms with Gasteiger partial charge in [0.1, 0.15) is 11.3 Å². The lowest BCUT2D eigenvalue weighted by Gasteiger charge is -2.20. The van der Waals surface area contributed by atoms with Gasteiger partial charge in [-0.2, -0.15) is 10.2 Å². The number of anilines is 4. The summed E-state index contributed by atoms with van der Waals surface area (Å²) in [6.45, 7) is 4.78. The first-order valence-corrected chi connectivity index (χ1v) is 12.2. The predicted molar refractivity (Wildman–Crippen MR) is 142 cm³/mol. The zero-order valence-corrected chi connectivity index (χ0v) is 21.8. The SMILES string of the molecule is CC(=O)Nc1nc2cnc(N(C)c3ccc(F)c(NC(=O)c4cccc(C(C)(C)C#N)c4Cl)c3)nc2s1. The van der Waals surface area contributed by atoms with Gasteiger partial charge in [-0.05, 0) is 43.7 Å². The molecule has 2 amide bonds. The van der Waals surface area contributed by atoms with E-state index in [1.54, 1.807) is 37.9 Å². The summed E-state index contributed by atoms with van der Waals surface area (Å²) in [6, 6.07) is 11.2. The van der Waals surface area contributed by atoms with Crippen LogP contribution in [0.25, 0.3) is 10.3 Å². The number of halogens is 2. The van der Waals surface area contributed by atoms with E-state index in [1.165, 1.54) is 48.7 Å². The van der Waals surface area contributed by atoms with Crippen molar-refractivity contribution in [3.8, 4) is 6.07 Å². The maximum absolute atomic E-state index is 14.7. The quantitative estimate of drug-likeness (QED) is 0.325. The van der Waals surface area contributed by atoms with Gasteiger partial charge in [0, 0.05) is 19.7 Å². The van der Waals surface area contributed by atoms with Gasteiger partial charge in [0.2, 0.25) is 11.9 Å². The Labute approximate surface area is 220 Å². The summed E-state index contributed by atoms with van der Waals surface area (Å²) in [7, 11) is 1.69. The van der Waals surface area contributed by atoms with Crippen LogP contribution in [0.15, 0.2) is 42.6 Å². The van der Waals surface area contributed by atoms with E-state index >= 15 is 0 Å². The van der Waals surface area contributed by atoms with E-state index in [4.69, 9.17) is 11.6 Å². The van der Waals surface area contributed by atoms with Crippen molar-refractivity contribution in [3.63, 3.8) is 0 Å². The van der Waals surface area contributed by atoms with Crippen molar-refractivity contribution >= 4 is 67.6 Å². The zero-order valence-electron chi connectivity index (χ0n) is 20.3. The van der Waals surface area contributed by atoms with Crippen molar-refractivity contribution in [2.75, 3.05) is 22.6 Å². The molecule has 0 saturated carbocycles. The molecule has 0 spiro atoms. The van der Waals surface area contributed by atoms with Gasteiger partial charge in [-0.25, -0.2) is 14.4 Å². The highest BCUT2D eigenvalue weighted by Crippen LogP contribution is 2.33. The fraction of sp³-hybridized carbons (Fsp3) is 0.200. The van der Waals surface area contributed by atoms with Crippen LogP contribution in [0.3, 0.4) is 0 Å². The minimum atomic E-state index is -0.913. The summed E-state index contributed by atoms with van der Waals surface area (Å²) in [4.78, 5) is 39.6. The highest BCUT2D eigenvalue weighted by Gasteiger charge is 2.26. The molecule has 2 aromatic heterocycles. The van der Waals surface area contributed by atoms with Gasteiger partial charge in [0.25, 0.3) is 5.91 Å². The molecule has 0 atom stereocenters. The molecule has 0 saturated heterocycles. The van der Waals surface area contributed by atoms with Gasteiger partial charge in [-0.15, -0.1) is 0 Å². The monoisotopic (exact) mass is 537 g/mol. The Morgan fingerprint density at radius 3 is 2.65 bits per heavy atom. The van der Waals surface area contributed by atoms with Crippen molar-refractivity contribution in [2.24, 2.45) is 0 Å². The fourth-order valence-electron chi connectivity index (χ4n) is 3.47. The number of rotatable bonds is 6. The van der Waals surface area contributed by atoms with Crippen LogP contribution in [0, 0.1) is 17.1 Å². The molecule has 188 valence electrons. The summed E-state index contributed by atoms with van der Waals surface area (Å²) in [5, 5.41) is 15.2. The predicted octanol–water partition coefficient (Wildman–Crippen LogP) is 5.66. The molecule has 0 aliphatic carbocycles. The Hall–Kier alpha value is -4.14. The number of hydrogen-bond acceptors (Lipinski definition) is 8. The van der Waals surface area contributed by atoms with Crippen molar-refractivity contribution in [1.82, 2.24) is 15.0 Å². The topological polar surface area (TPSA) is 124 Å². The molecule has 4 rings (SSSR count). The first-order valence-electron chi connectivity index (χ1n) is 11.0. The van der Waals surface area contributed by atoms with E-state index in [-0.39, 0.29) is 22.2 Å². The maximum atomic E-state index is 14.7. The van der Waals surface area contributed by atoms with Crippen molar-refractivity contribution in [3.05, 3.63) is 64.6 Å². The lowest BCUT2D eigenvalue weighted by molar-refractivity contribution is -0.114. The van der Waals surface area contributed by atoms with Crippen LogP contribution in [0.5, 0.6) is 0 Å². The second-order valence-corrected chi connectivity index (χ2v) is 10.00. The molecule has 0 aliphatic heterocycles. The number of hydrogen-bond donors (Lipinski definition) is 2. The Morgan fingerprint density at radius 2 is 1.95 bits per heavy atom. The van der Waals surface area contributed by atoms with Crippen LogP contribution in [0.1, 0.15) is 36.7 Å². The van der Waals surface area contributed by atoms with Gasteiger partial charge in [-0.3, -0.25) is 9.59 Å². The fourth-order valence-corrected chi connectivity index (χ4v) is 4.77. The summed E-state index contributed by atoms with van der Waals surface area (Å²) in [5.41, 5.74) is 0.667. The summed E-state index contributed by atoms with van der Waals surface area (Å²) >= 11 is 7.65. The number of thiazole rings is 1. The minimum Gasteiger partial charge on any atom is -0.319 e. The summed E-state index contributed by atoms with van der Waals surface area (Å²) in [6.07, 6.45) is 1.53. The lowest BCUT2D eigenvalue weighted by atomic mass is 9.85. The molecule has 2 N–H and O–H groups in total. The number of aromatic nitrogens is 3. The van der Waals surface area contributed by atoms with Crippen LogP contribution in [-0.2, 0) is 10.2 Å². The first kappa shape index (κ1) is 25.9. The molecular weight excluding hydrogens is 517 g/mol. The molecule has 2 aromatic carbocycles. The van der Waals surface area contributed by atoms with Gasteiger partial charge in [0.15, 0.2) is 9.96 Å². The van der Waals surface area contributed by atoms with Gasteiger partial charge < -0.3 is 15.5 Å². The van der Waals surface area contributed by atoms with E-state index in [2.05, 4.69) is 31.7 Å². The number of fused-ring (bicyclic) bond motifs is 1. The van der Waals surface area contributed by atoms with Crippen LogP contribution in [0.4, 0.5) is 26.8 Å². The van der Waals surface area contributed by atoms with Gasteiger partial charge >= 0.3 is 0 Å². The van der Waals surface area contributed by atoms with Gasteiger partial charge in [0.05, 0.1) is 34.0 Å². The average Bonchev–Trinajstić information content (AvgIpc) is 3.25. The van der Waals surface area contributed by atoms with E-state index in [0.29, 0.717) is 32.7 Å². The normalized spacial score (nSPS) is 11.2. The van der Waals surface area contributed by atoms with Crippen LogP contribution >= 0.6 is 22.9 Å². The highest BCUT2D eigenvalue weighted by atomic mass is 35.5. The Kier molecular flexibility index (Phi) is 7.07. The molecule has 0 bridgehead atoms. The number of carbonyl (C=O) groups excluding carboxylic acids is 2. The number of carbonyl (C=O) groups is 2. The molecule has 4 aromatic rings. The zero-order chi connectivity index (χ0) is 26.9. The first-order chi connectivity index (χ1) is 17.5. The highest BCUT2D eigenvalue weighted by molar-refractivity contribution is 7.21. The second-order valence-electron chi connectivity index (χ2n) is 8.64. The maximum Gasteiger partial charge on any atom is 0.257 e. The standard InChI is InChI=1S/C25H21ClFN7O2S/c1-13(35)30-24-32-19-11-29-23(33-22(19)37-24)34(4)14-8-9-17(27)18(10-14)31-21(36)15-6-5-7-16(20(15)26)25(2,3)12-28/h5-11H,1-4H3,(H,31,36)(H,30,32,35). The molecule has 0 unspecified atom stereocenters. The van der Waals surface area contributed by atoms with Gasteiger partial charge in [-0.1, -0.05) is 35.1 Å². The summed E-state index contributed by atoms with van der Waals surface area (Å²) in [5.74, 6) is -1.20. The molecule has 0 radical (unpaired) electrons. The van der Waals surface area contributed by atoms with Crippen molar-refractivity contribution < 1.29 is 14.0 Å². The Bertz CT molecular complexity index is 1580. The van der Waals surface area contributed by atoms with E-state index in [0.717, 1.165) is 0 Å². The van der Waals surface area contributed by atoms with Crippen LogP contribution in [0.2, 0.25) is 5.02 Å². The lowest BCUT2D eigenvalue weighted by Crippen LogP contribution is -2.19. The molecule has 37 heavy (non-hydrogen) atoms. The molecule has 12 heteroatoms. The molecular formula is C25H21ClFN7O2S. The smallest absolute Gasteiger partial charge is 0.257 e. The van der Waals surface area contributed by atoms with E-state index in [9.17, 15) is 19.2 Å². The van der Waals surface area contributed by atoms with Crippen molar-refractivity contribution in [2.45, 2.75) is 26.2 Å². The molecule has 0 aliphatic rings. The third-order valence-electron chi connectivity index (χ3n) is 5.50. The number of amides is 2. The van der Waals surface area contributed by atoms with Crippen LogP contribution in [-0.4, -0.2) is 33.8 Å². The summed E-state index contributed by atoms with van der Waals surface area (Å²) < 4.78 is 14.7. The van der Waals surface area contributed by atoms with Crippen LogP contribution < -0.4 is 15.5 Å². The molecule has 0 fully saturated rings. The third-order valence-corrected chi connectivity index (χ3v) is 6.79. The van der Waals surface area contributed by atoms with Crippen molar-refractivity contribution in [1.29, 1.82) is 5.26 Å². The average molecular weight is 538 g/mol. The number of nitriles is 1. The Morgan fingerprint density at radius 1 is 1.19 bits per heavy atom. The third kappa shape index (κ3) is 5.35. The second kappa shape index (κ2) is 10.1. The Balaban J connectivity index is 1.61. The number of nitrogens with zero attached hydrogens (tertiary/aromatic N) is 5. The molecule has 2 heterocycles. The van der Waals surface area contributed by atoms with E-state index < -0.39 is 17.1 Å². The number of benzene rings is 2. The minimum absolute atomic E-state index is 0.0674. The molecule has 9 nitrogen and oxygen atoms in total. The van der Waals surface area contributed by atoms with E-state index in [1.807, 2.05) is 0 Å². The largest absolute Gasteiger partial charge is 0.319 e. The number of nitrogens with one attached hydrogen (secondary N) is 2.